The van der Waals surface area contributed by atoms with E-state index in [4.69, 9.17) is 5.11 Å². The first-order valence-electron chi connectivity index (χ1n) is 5.80. The Morgan fingerprint density at radius 1 is 1.56 bits per heavy atom. The third-order valence-electron chi connectivity index (χ3n) is 3.54. The SMILES string of the molecule is CCC1(CNS(=O)(=O)c2c[nH]c(C(=O)O)c2)CC1. The highest BCUT2D eigenvalue weighted by atomic mass is 32.2. The number of sulfonamides is 1. The number of H-pyrrole nitrogens is 1. The van der Waals surface area contributed by atoms with Crippen molar-refractivity contribution in [3.8, 4) is 0 Å². The Morgan fingerprint density at radius 3 is 2.67 bits per heavy atom. The van der Waals surface area contributed by atoms with Crippen LogP contribution in [0.5, 0.6) is 0 Å². The summed E-state index contributed by atoms with van der Waals surface area (Å²) >= 11 is 0. The molecule has 1 aliphatic rings. The van der Waals surface area contributed by atoms with Crippen molar-refractivity contribution in [1.29, 1.82) is 0 Å². The van der Waals surface area contributed by atoms with Gasteiger partial charge in [0.05, 0.1) is 0 Å². The molecule has 0 saturated heterocycles. The van der Waals surface area contributed by atoms with Crippen LogP contribution >= 0.6 is 0 Å². The molecule has 0 aliphatic heterocycles. The summed E-state index contributed by atoms with van der Waals surface area (Å²) in [5.41, 5.74) is -0.0223. The number of aromatic amines is 1. The fourth-order valence-corrected chi connectivity index (χ4v) is 2.97. The van der Waals surface area contributed by atoms with Gasteiger partial charge in [0, 0.05) is 12.7 Å². The summed E-state index contributed by atoms with van der Waals surface area (Å²) < 4.78 is 26.4. The molecule has 6 nitrogen and oxygen atoms in total. The van der Waals surface area contributed by atoms with E-state index in [1.54, 1.807) is 0 Å². The highest BCUT2D eigenvalue weighted by molar-refractivity contribution is 7.89. The lowest BCUT2D eigenvalue weighted by Crippen LogP contribution is -2.29. The van der Waals surface area contributed by atoms with Crippen LogP contribution in [-0.2, 0) is 10.0 Å². The Kier molecular flexibility index (Phi) is 3.20. The molecule has 0 atom stereocenters. The van der Waals surface area contributed by atoms with Crippen LogP contribution in [0.2, 0.25) is 0 Å². The van der Waals surface area contributed by atoms with Crippen LogP contribution in [0, 0.1) is 5.41 Å². The van der Waals surface area contributed by atoms with E-state index in [1.165, 1.54) is 6.20 Å². The van der Waals surface area contributed by atoms with Crippen LogP contribution in [0.15, 0.2) is 17.2 Å². The number of aromatic carboxylic acids is 1. The monoisotopic (exact) mass is 272 g/mol. The van der Waals surface area contributed by atoms with Crippen molar-refractivity contribution in [2.45, 2.75) is 31.1 Å². The van der Waals surface area contributed by atoms with Gasteiger partial charge in [-0.05, 0) is 30.7 Å². The topological polar surface area (TPSA) is 99.3 Å². The molecule has 0 spiro atoms. The molecule has 100 valence electrons. The number of carboxylic acid groups (broad SMARTS) is 1. The van der Waals surface area contributed by atoms with Gasteiger partial charge in [-0.2, -0.15) is 0 Å². The maximum absolute atomic E-state index is 11.9. The lowest BCUT2D eigenvalue weighted by atomic mass is 10.1. The molecule has 2 rings (SSSR count). The smallest absolute Gasteiger partial charge is 0.352 e. The molecule has 1 aromatic heterocycles. The van der Waals surface area contributed by atoms with E-state index in [2.05, 4.69) is 9.71 Å². The van der Waals surface area contributed by atoms with Crippen LogP contribution < -0.4 is 4.72 Å². The number of rotatable bonds is 6. The minimum atomic E-state index is -3.62. The number of hydrogen-bond donors (Lipinski definition) is 3. The third-order valence-corrected chi connectivity index (χ3v) is 4.92. The summed E-state index contributed by atoms with van der Waals surface area (Å²) in [6, 6.07) is 1.12. The van der Waals surface area contributed by atoms with Gasteiger partial charge in [0.1, 0.15) is 10.6 Å². The molecule has 1 aromatic rings. The standard InChI is InChI=1S/C11H16N2O4S/c1-2-11(3-4-11)7-13-18(16,17)8-5-9(10(14)15)12-6-8/h5-6,12-13H,2-4,7H2,1H3,(H,14,15). The molecule has 18 heavy (non-hydrogen) atoms. The molecule has 0 bridgehead atoms. The predicted octanol–water partition coefficient (Wildman–Crippen LogP) is 1.18. The minimum Gasteiger partial charge on any atom is -0.477 e. The van der Waals surface area contributed by atoms with E-state index in [0.29, 0.717) is 6.54 Å². The summed E-state index contributed by atoms with van der Waals surface area (Å²) in [5.74, 6) is -1.18. The van der Waals surface area contributed by atoms with E-state index >= 15 is 0 Å². The first-order chi connectivity index (χ1) is 8.38. The summed E-state index contributed by atoms with van der Waals surface area (Å²) in [4.78, 5) is 13.1. The van der Waals surface area contributed by atoms with Crippen molar-refractivity contribution in [2.24, 2.45) is 5.41 Å². The second-order valence-electron chi connectivity index (χ2n) is 4.73. The molecule has 0 aromatic carbocycles. The van der Waals surface area contributed by atoms with Crippen molar-refractivity contribution in [3.63, 3.8) is 0 Å². The number of carboxylic acids is 1. The van der Waals surface area contributed by atoms with Crippen LogP contribution in [0.4, 0.5) is 0 Å². The maximum atomic E-state index is 11.9. The van der Waals surface area contributed by atoms with E-state index in [0.717, 1.165) is 25.3 Å². The minimum absolute atomic E-state index is 0.0354. The Morgan fingerprint density at radius 2 is 2.22 bits per heavy atom. The van der Waals surface area contributed by atoms with E-state index in [1.807, 2.05) is 6.92 Å². The Labute approximate surface area is 105 Å². The first kappa shape index (κ1) is 13.1. The highest BCUT2D eigenvalue weighted by Gasteiger charge is 2.41. The van der Waals surface area contributed by atoms with Gasteiger partial charge in [-0.3, -0.25) is 0 Å². The van der Waals surface area contributed by atoms with Gasteiger partial charge >= 0.3 is 5.97 Å². The van der Waals surface area contributed by atoms with Gasteiger partial charge in [-0.1, -0.05) is 6.92 Å². The molecule has 1 heterocycles. The average molecular weight is 272 g/mol. The van der Waals surface area contributed by atoms with E-state index in [9.17, 15) is 13.2 Å². The fourth-order valence-electron chi connectivity index (χ4n) is 1.82. The molecule has 1 aliphatic carbocycles. The summed E-state index contributed by atoms with van der Waals surface area (Å²) in [7, 11) is -3.62. The summed E-state index contributed by atoms with van der Waals surface area (Å²) in [6.07, 6.45) is 4.22. The Balaban J connectivity index is 2.08. The van der Waals surface area contributed by atoms with Crippen molar-refractivity contribution >= 4 is 16.0 Å². The lowest BCUT2D eigenvalue weighted by Gasteiger charge is -2.12. The third kappa shape index (κ3) is 2.56. The largest absolute Gasteiger partial charge is 0.477 e. The van der Waals surface area contributed by atoms with Crippen molar-refractivity contribution in [1.82, 2.24) is 9.71 Å². The Hall–Kier alpha value is -1.34. The summed E-state index contributed by atoms with van der Waals surface area (Å²) in [5, 5.41) is 8.72. The normalized spacial score (nSPS) is 17.6. The quantitative estimate of drug-likeness (QED) is 0.724. The lowest BCUT2D eigenvalue weighted by molar-refractivity contribution is 0.0691. The second kappa shape index (κ2) is 4.40. The Bertz CT molecular complexity index is 557. The zero-order chi connectivity index (χ0) is 13.4. The van der Waals surface area contributed by atoms with E-state index in [-0.39, 0.29) is 16.0 Å². The molecule has 1 fully saturated rings. The van der Waals surface area contributed by atoms with Crippen LogP contribution in [0.1, 0.15) is 36.7 Å². The molecule has 0 unspecified atom stereocenters. The van der Waals surface area contributed by atoms with Gasteiger partial charge in [0.15, 0.2) is 0 Å². The van der Waals surface area contributed by atoms with Gasteiger partial charge in [-0.15, -0.1) is 0 Å². The van der Waals surface area contributed by atoms with Crippen LogP contribution in [-0.4, -0.2) is 31.0 Å². The fraction of sp³-hybridized carbons (Fsp3) is 0.545. The maximum Gasteiger partial charge on any atom is 0.352 e. The first-order valence-corrected chi connectivity index (χ1v) is 7.28. The molecule has 7 heteroatoms. The summed E-state index contributed by atoms with van der Waals surface area (Å²) in [6.45, 7) is 2.46. The van der Waals surface area contributed by atoms with Crippen molar-refractivity contribution in [3.05, 3.63) is 18.0 Å². The number of aromatic nitrogens is 1. The zero-order valence-corrected chi connectivity index (χ0v) is 10.9. The highest BCUT2D eigenvalue weighted by Crippen LogP contribution is 2.48. The van der Waals surface area contributed by atoms with Gasteiger partial charge < -0.3 is 10.1 Å². The molecular formula is C11H16N2O4S. The van der Waals surface area contributed by atoms with E-state index < -0.39 is 16.0 Å². The predicted molar refractivity (Wildman–Crippen MR) is 64.9 cm³/mol. The van der Waals surface area contributed by atoms with Gasteiger partial charge in [0.25, 0.3) is 0 Å². The van der Waals surface area contributed by atoms with Crippen molar-refractivity contribution < 1.29 is 18.3 Å². The molecule has 0 radical (unpaired) electrons. The van der Waals surface area contributed by atoms with Crippen LogP contribution in [0.3, 0.4) is 0 Å². The molecule has 3 N–H and O–H groups in total. The van der Waals surface area contributed by atoms with Gasteiger partial charge in [0.2, 0.25) is 10.0 Å². The number of hydrogen-bond acceptors (Lipinski definition) is 3. The average Bonchev–Trinajstić information content (AvgIpc) is 2.91. The molecule has 1 saturated carbocycles. The van der Waals surface area contributed by atoms with Gasteiger partial charge in [-0.25, -0.2) is 17.9 Å². The molecular weight excluding hydrogens is 256 g/mol. The molecule has 0 amide bonds. The van der Waals surface area contributed by atoms with Crippen molar-refractivity contribution in [2.75, 3.05) is 6.54 Å². The zero-order valence-electron chi connectivity index (χ0n) is 10.1. The van der Waals surface area contributed by atoms with Crippen LogP contribution in [0.25, 0.3) is 0 Å². The number of nitrogens with one attached hydrogen (secondary N) is 2. The second-order valence-corrected chi connectivity index (χ2v) is 6.50. The number of carbonyl (C=O) groups is 1.